The van der Waals surface area contributed by atoms with Crippen LogP contribution in [0, 0.1) is 20.8 Å². The van der Waals surface area contributed by atoms with Crippen LogP contribution in [-0.4, -0.2) is 0 Å². The van der Waals surface area contributed by atoms with Crippen molar-refractivity contribution in [2.45, 2.75) is 20.8 Å². The van der Waals surface area contributed by atoms with Crippen molar-refractivity contribution in [1.29, 1.82) is 0 Å². The molecule has 0 radical (unpaired) electrons. The molecule has 23 heavy (non-hydrogen) atoms. The molecule has 0 fully saturated rings. The molecule has 0 saturated carbocycles. The molecule has 3 rings (SSSR count). The Labute approximate surface area is 146 Å². The van der Waals surface area contributed by atoms with Crippen LogP contribution in [0.25, 0.3) is 0 Å². The van der Waals surface area contributed by atoms with Crippen LogP contribution in [-0.2, 0) is 0 Å². The molecular weight excluding hydrogens is 346 g/mol. The zero-order valence-electron chi connectivity index (χ0n) is 13.7. The lowest BCUT2D eigenvalue weighted by Crippen LogP contribution is -2.10. The van der Waals surface area contributed by atoms with Crippen LogP contribution in [0.4, 0.5) is 17.1 Å². The number of anilines is 3. The predicted octanol–water partition coefficient (Wildman–Crippen LogP) is 6.84. The standard InChI is InChI=1S/C21H20BrN/c1-15-4-9-19(10-5-15)23(20-12-7-18(22)8-13-20)21-11-6-16(2)17(3)14-21/h4-14H,1-3H3. The van der Waals surface area contributed by atoms with Crippen molar-refractivity contribution >= 4 is 33.0 Å². The molecule has 0 amide bonds. The number of rotatable bonds is 3. The van der Waals surface area contributed by atoms with Crippen LogP contribution in [0.3, 0.4) is 0 Å². The summed E-state index contributed by atoms with van der Waals surface area (Å²) in [6.07, 6.45) is 0. The van der Waals surface area contributed by atoms with Crippen molar-refractivity contribution in [3.8, 4) is 0 Å². The summed E-state index contributed by atoms with van der Waals surface area (Å²) in [4.78, 5) is 2.29. The smallest absolute Gasteiger partial charge is 0.0464 e. The van der Waals surface area contributed by atoms with Gasteiger partial charge in [0.15, 0.2) is 0 Å². The molecule has 1 nitrogen and oxygen atoms in total. The molecule has 0 aliphatic rings. The molecule has 0 spiro atoms. The van der Waals surface area contributed by atoms with Crippen LogP contribution in [0.2, 0.25) is 0 Å². The monoisotopic (exact) mass is 365 g/mol. The molecule has 0 aromatic heterocycles. The molecule has 0 unspecified atom stereocenters. The molecule has 3 aromatic carbocycles. The maximum absolute atomic E-state index is 3.52. The first-order valence-electron chi connectivity index (χ1n) is 7.74. The lowest BCUT2D eigenvalue weighted by molar-refractivity contribution is 1.24. The Balaban J connectivity index is 2.14. The Hall–Kier alpha value is -2.06. The fraction of sp³-hybridized carbons (Fsp3) is 0.143. The third kappa shape index (κ3) is 3.48. The van der Waals surface area contributed by atoms with Crippen molar-refractivity contribution in [3.63, 3.8) is 0 Å². The highest BCUT2D eigenvalue weighted by atomic mass is 79.9. The van der Waals surface area contributed by atoms with Crippen molar-refractivity contribution in [2.24, 2.45) is 0 Å². The largest absolute Gasteiger partial charge is 0.310 e. The van der Waals surface area contributed by atoms with E-state index in [1.165, 1.54) is 28.1 Å². The van der Waals surface area contributed by atoms with Gasteiger partial charge in [0, 0.05) is 21.5 Å². The molecule has 0 aliphatic heterocycles. The summed E-state index contributed by atoms with van der Waals surface area (Å²) in [5.74, 6) is 0. The van der Waals surface area contributed by atoms with Gasteiger partial charge >= 0.3 is 0 Å². The molecule has 2 heteroatoms. The molecule has 3 aromatic rings. The zero-order chi connectivity index (χ0) is 16.4. The molecule has 0 bridgehead atoms. The fourth-order valence-electron chi connectivity index (χ4n) is 2.60. The second-order valence-corrected chi connectivity index (χ2v) is 6.83. The summed E-state index contributed by atoms with van der Waals surface area (Å²) >= 11 is 3.52. The quantitative estimate of drug-likeness (QED) is 0.490. The van der Waals surface area contributed by atoms with E-state index in [-0.39, 0.29) is 0 Å². The van der Waals surface area contributed by atoms with Crippen molar-refractivity contribution in [1.82, 2.24) is 0 Å². The first-order valence-corrected chi connectivity index (χ1v) is 8.53. The second-order valence-electron chi connectivity index (χ2n) is 5.92. The van der Waals surface area contributed by atoms with Gasteiger partial charge in [-0.05, 0) is 80.4 Å². The molecule has 0 N–H and O–H groups in total. The summed E-state index contributed by atoms with van der Waals surface area (Å²) in [5, 5.41) is 0. The van der Waals surface area contributed by atoms with E-state index < -0.39 is 0 Å². The van der Waals surface area contributed by atoms with E-state index in [1.807, 2.05) is 0 Å². The Kier molecular flexibility index (Phi) is 4.53. The highest BCUT2D eigenvalue weighted by molar-refractivity contribution is 9.10. The molecular formula is C21H20BrN. The Morgan fingerprint density at radius 3 is 1.70 bits per heavy atom. The molecule has 0 saturated heterocycles. The van der Waals surface area contributed by atoms with Crippen molar-refractivity contribution in [3.05, 3.63) is 87.9 Å². The normalized spacial score (nSPS) is 10.6. The van der Waals surface area contributed by atoms with Gasteiger partial charge in [0.2, 0.25) is 0 Å². The molecule has 0 aliphatic carbocycles. The van der Waals surface area contributed by atoms with Gasteiger partial charge in [0.1, 0.15) is 0 Å². The molecule has 0 atom stereocenters. The van der Waals surface area contributed by atoms with Gasteiger partial charge < -0.3 is 4.90 Å². The van der Waals surface area contributed by atoms with E-state index in [9.17, 15) is 0 Å². The average molecular weight is 366 g/mol. The van der Waals surface area contributed by atoms with E-state index in [1.54, 1.807) is 0 Å². The second kappa shape index (κ2) is 6.59. The SMILES string of the molecule is Cc1ccc(N(c2ccc(Br)cc2)c2ccc(C)c(C)c2)cc1. The number of hydrogen-bond donors (Lipinski definition) is 0. The minimum absolute atomic E-state index is 1.09. The molecule has 0 heterocycles. The van der Waals surface area contributed by atoms with Gasteiger partial charge in [-0.2, -0.15) is 0 Å². The number of hydrogen-bond acceptors (Lipinski definition) is 1. The number of benzene rings is 3. The van der Waals surface area contributed by atoms with E-state index >= 15 is 0 Å². The zero-order valence-corrected chi connectivity index (χ0v) is 15.3. The van der Waals surface area contributed by atoms with E-state index in [2.05, 4.69) is 108 Å². The van der Waals surface area contributed by atoms with Gasteiger partial charge in [-0.25, -0.2) is 0 Å². The minimum atomic E-state index is 1.09. The maximum Gasteiger partial charge on any atom is 0.0464 e. The van der Waals surface area contributed by atoms with Gasteiger partial charge in [0.25, 0.3) is 0 Å². The average Bonchev–Trinajstić information content (AvgIpc) is 2.55. The lowest BCUT2D eigenvalue weighted by atomic mass is 10.1. The van der Waals surface area contributed by atoms with Crippen molar-refractivity contribution < 1.29 is 0 Å². The van der Waals surface area contributed by atoms with E-state index in [4.69, 9.17) is 0 Å². The van der Waals surface area contributed by atoms with Crippen molar-refractivity contribution in [2.75, 3.05) is 4.90 Å². The molecule has 116 valence electrons. The third-order valence-corrected chi connectivity index (χ3v) is 4.65. The van der Waals surface area contributed by atoms with Crippen LogP contribution in [0.1, 0.15) is 16.7 Å². The van der Waals surface area contributed by atoms with Gasteiger partial charge in [-0.1, -0.05) is 39.7 Å². The Morgan fingerprint density at radius 1 is 0.609 bits per heavy atom. The first-order chi connectivity index (χ1) is 11.0. The fourth-order valence-corrected chi connectivity index (χ4v) is 2.86. The summed E-state index contributed by atoms with van der Waals surface area (Å²) in [7, 11) is 0. The number of halogens is 1. The topological polar surface area (TPSA) is 3.24 Å². The number of aryl methyl sites for hydroxylation is 3. The Bertz CT molecular complexity index is 759. The van der Waals surface area contributed by atoms with Gasteiger partial charge in [-0.3, -0.25) is 0 Å². The Morgan fingerprint density at radius 2 is 1.13 bits per heavy atom. The maximum atomic E-state index is 3.52. The highest BCUT2D eigenvalue weighted by Crippen LogP contribution is 2.35. The lowest BCUT2D eigenvalue weighted by Gasteiger charge is -2.26. The minimum Gasteiger partial charge on any atom is -0.310 e. The van der Waals surface area contributed by atoms with E-state index in [0.29, 0.717) is 0 Å². The third-order valence-electron chi connectivity index (χ3n) is 4.13. The van der Waals surface area contributed by atoms with Gasteiger partial charge in [0.05, 0.1) is 0 Å². The predicted molar refractivity (Wildman–Crippen MR) is 103 cm³/mol. The van der Waals surface area contributed by atoms with Crippen LogP contribution in [0.15, 0.2) is 71.2 Å². The summed E-state index contributed by atoms with van der Waals surface area (Å²) in [5.41, 5.74) is 7.38. The van der Waals surface area contributed by atoms with Crippen LogP contribution < -0.4 is 4.90 Å². The van der Waals surface area contributed by atoms with Gasteiger partial charge in [-0.15, -0.1) is 0 Å². The summed E-state index contributed by atoms with van der Waals surface area (Å²) in [6, 6.07) is 23.7. The van der Waals surface area contributed by atoms with Crippen LogP contribution in [0.5, 0.6) is 0 Å². The first kappa shape index (κ1) is 15.8. The summed E-state index contributed by atoms with van der Waals surface area (Å²) in [6.45, 7) is 6.42. The number of nitrogens with zero attached hydrogens (tertiary/aromatic N) is 1. The van der Waals surface area contributed by atoms with Crippen LogP contribution >= 0.6 is 15.9 Å². The van der Waals surface area contributed by atoms with E-state index in [0.717, 1.165) is 10.2 Å². The highest BCUT2D eigenvalue weighted by Gasteiger charge is 2.12. The summed E-state index contributed by atoms with van der Waals surface area (Å²) < 4.78 is 1.09.